The van der Waals surface area contributed by atoms with Crippen molar-refractivity contribution in [3.63, 3.8) is 0 Å². The van der Waals surface area contributed by atoms with E-state index in [1.54, 1.807) is 18.4 Å². The fourth-order valence-corrected chi connectivity index (χ4v) is 4.67. The SMILES string of the molecule is COc1ccc2c(C)nc(N3CCC(N[C@@H](C)Cc4ccsc4)CC3)nc2c1. The summed E-state index contributed by atoms with van der Waals surface area (Å²) >= 11 is 1.77. The number of nitrogens with zero attached hydrogens (tertiary/aromatic N) is 3. The molecular formula is C22H28N4OS. The Morgan fingerprint density at radius 3 is 2.79 bits per heavy atom. The molecule has 1 fully saturated rings. The minimum Gasteiger partial charge on any atom is -0.497 e. The number of methoxy groups -OCH3 is 1. The third-order valence-corrected chi connectivity index (χ3v) is 6.23. The average molecular weight is 397 g/mol. The van der Waals surface area contributed by atoms with Gasteiger partial charge in [-0.15, -0.1) is 0 Å². The van der Waals surface area contributed by atoms with Crippen LogP contribution in [0.25, 0.3) is 10.9 Å². The van der Waals surface area contributed by atoms with Crippen LogP contribution in [0.15, 0.2) is 35.0 Å². The van der Waals surface area contributed by atoms with Crippen LogP contribution in [0.3, 0.4) is 0 Å². The monoisotopic (exact) mass is 396 g/mol. The maximum absolute atomic E-state index is 5.35. The maximum atomic E-state index is 5.35. The number of nitrogens with one attached hydrogen (secondary N) is 1. The molecule has 5 nitrogen and oxygen atoms in total. The molecule has 0 aliphatic carbocycles. The zero-order chi connectivity index (χ0) is 19.5. The molecular weight excluding hydrogens is 368 g/mol. The van der Waals surface area contributed by atoms with Gasteiger partial charge in [-0.1, -0.05) is 0 Å². The summed E-state index contributed by atoms with van der Waals surface area (Å²) in [6.07, 6.45) is 3.33. The molecule has 1 saturated heterocycles. The van der Waals surface area contributed by atoms with E-state index in [4.69, 9.17) is 14.7 Å². The molecule has 0 radical (unpaired) electrons. The van der Waals surface area contributed by atoms with Gasteiger partial charge in [-0.05, 0) is 67.6 Å². The van der Waals surface area contributed by atoms with Crippen LogP contribution in [0.5, 0.6) is 5.75 Å². The minimum atomic E-state index is 0.498. The zero-order valence-corrected chi connectivity index (χ0v) is 17.6. The quantitative estimate of drug-likeness (QED) is 0.677. The van der Waals surface area contributed by atoms with Gasteiger partial charge in [-0.25, -0.2) is 9.97 Å². The molecule has 2 aromatic heterocycles. The van der Waals surface area contributed by atoms with Crippen LogP contribution in [0.4, 0.5) is 5.95 Å². The number of ether oxygens (including phenoxy) is 1. The van der Waals surface area contributed by atoms with E-state index < -0.39 is 0 Å². The Bertz CT molecular complexity index is 920. The molecule has 0 bridgehead atoms. The predicted molar refractivity (Wildman–Crippen MR) is 117 cm³/mol. The van der Waals surface area contributed by atoms with Gasteiger partial charge < -0.3 is 15.0 Å². The van der Waals surface area contributed by atoms with Crippen LogP contribution < -0.4 is 15.0 Å². The largest absolute Gasteiger partial charge is 0.497 e. The summed E-state index contributed by atoms with van der Waals surface area (Å²) < 4.78 is 5.35. The second-order valence-corrected chi connectivity index (χ2v) is 8.44. The first-order valence-electron chi connectivity index (χ1n) is 9.97. The summed E-state index contributed by atoms with van der Waals surface area (Å²) in [5.41, 5.74) is 3.40. The predicted octanol–water partition coefficient (Wildman–Crippen LogP) is 4.20. The van der Waals surface area contributed by atoms with Crippen LogP contribution >= 0.6 is 11.3 Å². The van der Waals surface area contributed by atoms with Crippen molar-refractivity contribution in [2.45, 2.75) is 45.2 Å². The van der Waals surface area contributed by atoms with E-state index in [2.05, 4.69) is 40.9 Å². The second kappa shape index (κ2) is 8.45. The Balaban J connectivity index is 1.39. The molecule has 0 saturated carbocycles. The highest BCUT2D eigenvalue weighted by molar-refractivity contribution is 7.07. The lowest BCUT2D eigenvalue weighted by atomic mass is 10.0. The fraction of sp³-hybridized carbons (Fsp3) is 0.455. The standard InChI is InChI=1S/C22H28N4OS/c1-15(12-17-8-11-28-14-17)23-18-6-9-26(10-7-18)22-24-16(2)20-5-4-19(27-3)13-21(20)25-22/h4-5,8,11,13-15,18,23H,6-7,9-10,12H2,1-3H3/t15-/m0/s1. The van der Waals surface area contributed by atoms with Crippen molar-refractivity contribution in [1.82, 2.24) is 15.3 Å². The Morgan fingerprint density at radius 2 is 2.07 bits per heavy atom. The van der Waals surface area contributed by atoms with Gasteiger partial charge in [-0.3, -0.25) is 0 Å². The summed E-state index contributed by atoms with van der Waals surface area (Å²) in [5, 5.41) is 9.29. The van der Waals surface area contributed by atoms with E-state index >= 15 is 0 Å². The van der Waals surface area contributed by atoms with Crippen molar-refractivity contribution < 1.29 is 4.74 Å². The first-order valence-corrected chi connectivity index (χ1v) is 10.9. The highest BCUT2D eigenvalue weighted by atomic mass is 32.1. The summed E-state index contributed by atoms with van der Waals surface area (Å²) in [7, 11) is 1.69. The molecule has 0 unspecified atom stereocenters. The summed E-state index contributed by atoms with van der Waals surface area (Å²) in [4.78, 5) is 11.9. The molecule has 1 aliphatic rings. The highest BCUT2D eigenvalue weighted by Gasteiger charge is 2.22. The molecule has 28 heavy (non-hydrogen) atoms. The third-order valence-electron chi connectivity index (χ3n) is 5.50. The van der Waals surface area contributed by atoms with E-state index in [9.17, 15) is 0 Å². The lowest BCUT2D eigenvalue weighted by molar-refractivity contribution is 0.373. The van der Waals surface area contributed by atoms with Crippen molar-refractivity contribution in [3.8, 4) is 5.75 Å². The Kier molecular flexibility index (Phi) is 5.78. The molecule has 0 amide bonds. The second-order valence-electron chi connectivity index (χ2n) is 7.66. The summed E-state index contributed by atoms with van der Waals surface area (Å²) in [6.45, 7) is 6.31. The number of fused-ring (bicyclic) bond motifs is 1. The maximum Gasteiger partial charge on any atom is 0.226 e. The molecule has 6 heteroatoms. The van der Waals surface area contributed by atoms with Gasteiger partial charge in [-0.2, -0.15) is 11.3 Å². The van der Waals surface area contributed by atoms with Crippen LogP contribution in [0.1, 0.15) is 31.0 Å². The number of rotatable bonds is 6. The number of hydrogen-bond donors (Lipinski definition) is 1. The number of thiophene rings is 1. The number of piperidine rings is 1. The number of aromatic nitrogens is 2. The first kappa shape index (κ1) is 19.2. The Morgan fingerprint density at radius 1 is 1.25 bits per heavy atom. The number of benzene rings is 1. The minimum absolute atomic E-state index is 0.498. The van der Waals surface area contributed by atoms with Crippen molar-refractivity contribution in [1.29, 1.82) is 0 Å². The Hall–Kier alpha value is -2.18. The molecule has 0 spiro atoms. The van der Waals surface area contributed by atoms with Gasteiger partial charge in [0.25, 0.3) is 0 Å². The van der Waals surface area contributed by atoms with Gasteiger partial charge in [0, 0.05) is 36.6 Å². The molecule has 4 rings (SSSR count). The first-order chi connectivity index (χ1) is 13.6. The van der Waals surface area contributed by atoms with E-state index in [1.165, 1.54) is 5.56 Å². The van der Waals surface area contributed by atoms with E-state index in [-0.39, 0.29) is 0 Å². The molecule has 148 valence electrons. The Labute approximate surface area is 170 Å². The smallest absolute Gasteiger partial charge is 0.226 e. The van der Waals surface area contributed by atoms with Crippen molar-refractivity contribution >= 4 is 28.2 Å². The summed E-state index contributed by atoms with van der Waals surface area (Å²) in [5.74, 6) is 1.67. The van der Waals surface area contributed by atoms with Gasteiger partial charge in [0.05, 0.1) is 18.3 Å². The molecule has 1 atom stereocenters. The topological polar surface area (TPSA) is 50.3 Å². The molecule has 3 aromatic rings. The number of anilines is 1. The highest BCUT2D eigenvalue weighted by Crippen LogP contribution is 2.25. The van der Waals surface area contributed by atoms with E-state index in [0.29, 0.717) is 12.1 Å². The average Bonchev–Trinajstić information content (AvgIpc) is 3.20. The fourth-order valence-electron chi connectivity index (χ4n) is 3.99. The molecule has 1 aromatic carbocycles. The normalized spacial score (nSPS) is 16.5. The number of hydrogen-bond acceptors (Lipinski definition) is 6. The van der Waals surface area contributed by atoms with Crippen LogP contribution in [-0.2, 0) is 6.42 Å². The van der Waals surface area contributed by atoms with Crippen LogP contribution in [0.2, 0.25) is 0 Å². The zero-order valence-electron chi connectivity index (χ0n) is 16.8. The summed E-state index contributed by atoms with van der Waals surface area (Å²) in [6, 6.07) is 9.28. The van der Waals surface area contributed by atoms with Crippen LogP contribution in [-0.4, -0.2) is 42.3 Å². The van der Waals surface area contributed by atoms with Gasteiger partial charge in [0.2, 0.25) is 5.95 Å². The van der Waals surface area contributed by atoms with Gasteiger partial charge in [0.15, 0.2) is 0 Å². The molecule has 3 heterocycles. The van der Waals surface area contributed by atoms with Crippen LogP contribution in [0, 0.1) is 6.92 Å². The molecule has 1 aliphatic heterocycles. The van der Waals surface area contributed by atoms with Crippen molar-refractivity contribution in [2.75, 3.05) is 25.1 Å². The van der Waals surface area contributed by atoms with E-state index in [1.807, 2.05) is 18.2 Å². The lowest BCUT2D eigenvalue weighted by Crippen LogP contribution is -2.46. The van der Waals surface area contributed by atoms with Crippen molar-refractivity contribution in [2.24, 2.45) is 0 Å². The lowest BCUT2D eigenvalue weighted by Gasteiger charge is -2.34. The molecule has 1 N–H and O–H groups in total. The third kappa shape index (κ3) is 4.28. The number of aryl methyl sites for hydroxylation is 1. The van der Waals surface area contributed by atoms with Crippen molar-refractivity contribution in [3.05, 3.63) is 46.3 Å². The van der Waals surface area contributed by atoms with Gasteiger partial charge >= 0.3 is 0 Å². The van der Waals surface area contributed by atoms with E-state index in [0.717, 1.165) is 60.6 Å². The van der Waals surface area contributed by atoms with Gasteiger partial charge in [0.1, 0.15) is 5.75 Å².